The molecule has 118 valence electrons. The Morgan fingerprint density at radius 1 is 1.14 bits per heavy atom. The van der Waals surface area contributed by atoms with Crippen LogP contribution in [0, 0.1) is 3.57 Å². The highest BCUT2D eigenvalue weighted by atomic mass is 127. The second-order valence-electron chi connectivity index (χ2n) is 5.89. The lowest BCUT2D eigenvalue weighted by molar-refractivity contribution is -0.122. The van der Waals surface area contributed by atoms with Crippen molar-refractivity contribution in [2.24, 2.45) is 0 Å². The van der Waals surface area contributed by atoms with Crippen LogP contribution in [0.1, 0.15) is 23.2 Å². The molecule has 0 aromatic heterocycles. The summed E-state index contributed by atoms with van der Waals surface area (Å²) in [6.07, 6.45) is 2.23. The van der Waals surface area contributed by atoms with Crippen LogP contribution in [-0.4, -0.2) is 60.4 Å². The summed E-state index contributed by atoms with van der Waals surface area (Å²) in [7, 11) is 0. The van der Waals surface area contributed by atoms with Gasteiger partial charge in [0.05, 0.1) is 12.1 Å². The average Bonchev–Trinajstić information content (AvgIpc) is 3.31. The molecule has 2 fully saturated rings. The molecule has 1 aliphatic carbocycles. The molecule has 0 radical (unpaired) electrons. The molecule has 1 saturated heterocycles. The molecule has 22 heavy (non-hydrogen) atoms. The number of benzene rings is 1. The predicted molar refractivity (Wildman–Crippen MR) is 92.7 cm³/mol. The Morgan fingerprint density at radius 2 is 1.82 bits per heavy atom. The number of carbonyl (C=O) groups is 2. The number of hydrogen-bond acceptors (Lipinski definition) is 3. The maximum absolute atomic E-state index is 12.5. The van der Waals surface area contributed by atoms with E-state index < -0.39 is 0 Å². The van der Waals surface area contributed by atoms with Gasteiger partial charge in [-0.3, -0.25) is 14.5 Å². The summed E-state index contributed by atoms with van der Waals surface area (Å²) < 4.78 is 0.983. The minimum absolute atomic E-state index is 0.0899. The number of amides is 2. The van der Waals surface area contributed by atoms with Crippen LogP contribution in [0.15, 0.2) is 24.3 Å². The van der Waals surface area contributed by atoms with E-state index >= 15 is 0 Å². The van der Waals surface area contributed by atoms with E-state index in [0.717, 1.165) is 35.1 Å². The Labute approximate surface area is 144 Å². The molecule has 2 amide bonds. The lowest BCUT2D eigenvalue weighted by Gasteiger charge is -2.34. The number of piperazine rings is 1. The zero-order chi connectivity index (χ0) is 15.5. The van der Waals surface area contributed by atoms with Crippen LogP contribution in [0.4, 0.5) is 0 Å². The van der Waals surface area contributed by atoms with Crippen molar-refractivity contribution in [3.63, 3.8) is 0 Å². The summed E-state index contributed by atoms with van der Waals surface area (Å²) in [5, 5.41) is 3.01. The fourth-order valence-corrected chi connectivity index (χ4v) is 3.24. The van der Waals surface area contributed by atoms with Crippen LogP contribution in [0.3, 0.4) is 0 Å². The van der Waals surface area contributed by atoms with Crippen LogP contribution >= 0.6 is 22.6 Å². The number of carbonyl (C=O) groups excluding carboxylic acids is 2. The van der Waals surface area contributed by atoms with Crippen molar-refractivity contribution in [2.45, 2.75) is 18.9 Å². The zero-order valence-corrected chi connectivity index (χ0v) is 14.6. The maximum Gasteiger partial charge on any atom is 0.255 e. The van der Waals surface area contributed by atoms with E-state index in [1.807, 2.05) is 29.2 Å². The fourth-order valence-electron chi connectivity index (χ4n) is 2.62. The minimum Gasteiger partial charge on any atom is -0.352 e. The molecule has 5 nitrogen and oxygen atoms in total. The Kier molecular flexibility index (Phi) is 4.97. The van der Waals surface area contributed by atoms with E-state index in [0.29, 0.717) is 25.7 Å². The first kappa shape index (κ1) is 15.7. The Bertz CT molecular complexity index is 566. The molecule has 2 aliphatic rings. The number of nitrogens with zero attached hydrogens (tertiary/aromatic N) is 2. The van der Waals surface area contributed by atoms with Crippen LogP contribution in [0.5, 0.6) is 0 Å². The lowest BCUT2D eigenvalue weighted by Crippen LogP contribution is -2.51. The van der Waals surface area contributed by atoms with Crippen molar-refractivity contribution < 1.29 is 9.59 Å². The van der Waals surface area contributed by atoms with Gasteiger partial charge in [0, 0.05) is 35.8 Å². The topological polar surface area (TPSA) is 52.7 Å². The molecule has 0 spiro atoms. The molecular weight excluding hydrogens is 393 g/mol. The highest BCUT2D eigenvalue weighted by molar-refractivity contribution is 14.1. The van der Waals surface area contributed by atoms with Gasteiger partial charge < -0.3 is 10.2 Å². The molecule has 0 unspecified atom stereocenters. The van der Waals surface area contributed by atoms with Gasteiger partial charge in [0.15, 0.2) is 0 Å². The van der Waals surface area contributed by atoms with Gasteiger partial charge in [-0.25, -0.2) is 0 Å². The monoisotopic (exact) mass is 413 g/mol. The van der Waals surface area contributed by atoms with E-state index in [2.05, 4.69) is 32.8 Å². The summed E-state index contributed by atoms with van der Waals surface area (Å²) in [6, 6.07) is 8.07. The first-order valence-electron chi connectivity index (χ1n) is 7.69. The van der Waals surface area contributed by atoms with Gasteiger partial charge in [-0.1, -0.05) is 12.1 Å². The number of hydrogen-bond donors (Lipinski definition) is 1. The summed E-state index contributed by atoms with van der Waals surface area (Å²) >= 11 is 2.20. The van der Waals surface area contributed by atoms with Crippen molar-refractivity contribution in [3.8, 4) is 0 Å². The minimum atomic E-state index is 0.0899. The second-order valence-corrected chi connectivity index (χ2v) is 7.05. The third-order valence-electron chi connectivity index (χ3n) is 4.07. The van der Waals surface area contributed by atoms with Crippen molar-refractivity contribution in [1.29, 1.82) is 0 Å². The van der Waals surface area contributed by atoms with Gasteiger partial charge in [-0.2, -0.15) is 0 Å². The van der Waals surface area contributed by atoms with Crippen LogP contribution in [0.25, 0.3) is 0 Å². The molecule has 1 heterocycles. The normalized spacial score (nSPS) is 19.0. The molecule has 1 saturated carbocycles. The van der Waals surface area contributed by atoms with E-state index in [1.54, 1.807) is 0 Å². The summed E-state index contributed by atoms with van der Waals surface area (Å²) in [5.41, 5.74) is 0.767. The summed E-state index contributed by atoms with van der Waals surface area (Å²) in [6.45, 7) is 3.32. The smallest absolute Gasteiger partial charge is 0.255 e. The highest BCUT2D eigenvalue weighted by Gasteiger charge is 2.27. The van der Waals surface area contributed by atoms with Gasteiger partial charge >= 0.3 is 0 Å². The standard InChI is InChI=1S/C16H20IN3O2/c17-14-4-2-1-3-13(14)16(22)20-9-7-19(8-10-20)11-15(21)18-12-5-6-12/h1-4,12H,5-11H2,(H,18,21). The summed E-state index contributed by atoms with van der Waals surface area (Å²) in [5.74, 6) is 0.201. The number of halogens is 1. The van der Waals surface area contributed by atoms with Crippen molar-refractivity contribution >= 4 is 34.4 Å². The first-order valence-corrected chi connectivity index (χ1v) is 8.77. The molecule has 0 bridgehead atoms. The molecule has 3 rings (SSSR count). The molecule has 0 atom stereocenters. The Morgan fingerprint density at radius 3 is 2.45 bits per heavy atom. The van der Waals surface area contributed by atoms with Gasteiger partial charge in [-0.05, 0) is 47.6 Å². The van der Waals surface area contributed by atoms with Crippen LogP contribution < -0.4 is 5.32 Å². The lowest BCUT2D eigenvalue weighted by atomic mass is 10.2. The predicted octanol–water partition coefficient (Wildman–Crippen LogP) is 1.33. The SMILES string of the molecule is O=C(CN1CCN(C(=O)c2ccccc2I)CC1)NC1CC1. The maximum atomic E-state index is 12.5. The van der Waals surface area contributed by atoms with Crippen LogP contribution in [0.2, 0.25) is 0 Å². The molecule has 1 aliphatic heterocycles. The quantitative estimate of drug-likeness (QED) is 0.758. The van der Waals surface area contributed by atoms with E-state index in [1.165, 1.54) is 0 Å². The Balaban J connectivity index is 1.49. The van der Waals surface area contributed by atoms with E-state index in [9.17, 15) is 9.59 Å². The molecule has 6 heteroatoms. The van der Waals surface area contributed by atoms with Crippen molar-refractivity contribution in [1.82, 2.24) is 15.1 Å². The van der Waals surface area contributed by atoms with Crippen LogP contribution in [-0.2, 0) is 4.79 Å². The average molecular weight is 413 g/mol. The third kappa shape index (κ3) is 3.98. The molecular formula is C16H20IN3O2. The van der Waals surface area contributed by atoms with Crippen molar-refractivity contribution in [3.05, 3.63) is 33.4 Å². The largest absolute Gasteiger partial charge is 0.352 e. The van der Waals surface area contributed by atoms with E-state index in [4.69, 9.17) is 0 Å². The zero-order valence-electron chi connectivity index (χ0n) is 12.4. The van der Waals surface area contributed by atoms with Gasteiger partial charge in [0.25, 0.3) is 5.91 Å². The summed E-state index contributed by atoms with van der Waals surface area (Å²) in [4.78, 5) is 28.3. The highest BCUT2D eigenvalue weighted by Crippen LogP contribution is 2.18. The second kappa shape index (κ2) is 6.95. The van der Waals surface area contributed by atoms with Gasteiger partial charge in [-0.15, -0.1) is 0 Å². The molecule has 1 aromatic carbocycles. The first-order chi connectivity index (χ1) is 10.6. The Hall–Kier alpha value is -1.15. The molecule has 1 aromatic rings. The van der Waals surface area contributed by atoms with Gasteiger partial charge in [0.1, 0.15) is 0 Å². The fraction of sp³-hybridized carbons (Fsp3) is 0.500. The van der Waals surface area contributed by atoms with Gasteiger partial charge in [0.2, 0.25) is 5.91 Å². The van der Waals surface area contributed by atoms with E-state index in [-0.39, 0.29) is 11.8 Å². The number of nitrogens with one attached hydrogen (secondary N) is 1. The third-order valence-corrected chi connectivity index (χ3v) is 5.01. The van der Waals surface area contributed by atoms with Crippen molar-refractivity contribution in [2.75, 3.05) is 32.7 Å². The molecule has 1 N–H and O–H groups in total. The number of rotatable bonds is 4.